The summed E-state index contributed by atoms with van der Waals surface area (Å²) in [7, 11) is 1.92. The lowest BCUT2D eigenvalue weighted by atomic mass is 9.97. The van der Waals surface area contributed by atoms with Crippen LogP contribution in [-0.4, -0.2) is 13.0 Å². The highest BCUT2D eigenvalue weighted by atomic mass is 19.1. The number of hydrogen-bond donors (Lipinski definition) is 2. The molecule has 0 saturated carbocycles. The van der Waals surface area contributed by atoms with Gasteiger partial charge >= 0.3 is 0 Å². The molecule has 0 aliphatic rings. The number of nitrogens with one attached hydrogen (secondary N) is 2. The minimum absolute atomic E-state index is 0.0261. The zero-order valence-electron chi connectivity index (χ0n) is 14.3. The molecule has 0 aliphatic carbocycles. The second-order valence-electron chi connectivity index (χ2n) is 6.27. The molecule has 2 rings (SSSR count). The fourth-order valence-electron chi connectivity index (χ4n) is 2.71. The molecule has 4 heteroatoms. The standard InChI is InChI=1S/C20H25FN2O/c1-15(10-18-4-3-5-19(21)12-18)11-20(24)23-14-17-8-6-16(7-9-17)13-22-2/h3-9,12,15,22H,10-11,13-14H2,1-2H3,(H,23,24)/t15-/m1/s1. The number of hydrogen-bond acceptors (Lipinski definition) is 2. The molecular formula is C20H25FN2O. The molecule has 0 heterocycles. The first-order chi connectivity index (χ1) is 11.6. The molecule has 3 nitrogen and oxygen atoms in total. The van der Waals surface area contributed by atoms with E-state index in [9.17, 15) is 9.18 Å². The third-order valence-corrected chi connectivity index (χ3v) is 3.90. The average molecular weight is 328 g/mol. The highest BCUT2D eigenvalue weighted by Gasteiger charge is 2.10. The molecule has 0 bridgehead atoms. The Kier molecular flexibility index (Phi) is 6.94. The molecule has 0 unspecified atom stereocenters. The van der Waals surface area contributed by atoms with Crippen molar-refractivity contribution in [2.75, 3.05) is 7.05 Å². The zero-order valence-corrected chi connectivity index (χ0v) is 14.3. The molecule has 0 aliphatic heterocycles. The lowest BCUT2D eigenvalue weighted by molar-refractivity contribution is -0.122. The summed E-state index contributed by atoms with van der Waals surface area (Å²) >= 11 is 0. The molecule has 0 spiro atoms. The maximum Gasteiger partial charge on any atom is 0.220 e. The number of carbonyl (C=O) groups excluding carboxylic acids is 1. The van der Waals surface area contributed by atoms with Gasteiger partial charge in [-0.1, -0.05) is 43.3 Å². The van der Waals surface area contributed by atoms with E-state index in [1.54, 1.807) is 6.07 Å². The summed E-state index contributed by atoms with van der Waals surface area (Å²) < 4.78 is 13.2. The number of rotatable bonds is 8. The highest BCUT2D eigenvalue weighted by Crippen LogP contribution is 2.13. The van der Waals surface area contributed by atoms with Gasteiger partial charge in [-0.3, -0.25) is 4.79 Å². The summed E-state index contributed by atoms with van der Waals surface area (Å²) in [5.74, 6) is -0.0334. The molecule has 2 N–H and O–H groups in total. The molecule has 0 saturated heterocycles. The van der Waals surface area contributed by atoms with Gasteiger partial charge in [-0.15, -0.1) is 0 Å². The molecule has 0 fully saturated rings. The maximum atomic E-state index is 13.2. The van der Waals surface area contributed by atoms with Gasteiger partial charge in [0.1, 0.15) is 5.82 Å². The van der Waals surface area contributed by atoms with Crippen LogP contribution < -0.4 is 10.6 Å². The second-order valence-corrected chi connectivity index (χ2v) is 6.27. The van der Waals surface area contributed by atoms with Crippen LogP contribution >= 0.6 is 0 Å². The quantitative estimate of drug-likeness (QED) is 0.779. The minimum Gasteiger partial charge on any atom is -0.352 e. The van der Waals surface area contributed by atoms with Gasteiger partial charge in [-0.25, -0.2) is 4.39 Å². The van der Waals surface area contributed by atoms with Crippen LogP contribution in [0.5, 0.6) is 0 Å². The number of carbonyl (C=O) groups is 1. The molecular weight excluding hydrogens is 303 g/mol. The number of benzene rings is 2. The molecule has 24 heavy (non-hydrogen) atoms. The van der Waals surface area contributed by atoms with E-state index >= 15 is 0 Å². The van der Waals surface area contributed by atoms with Crippen LogP contribution in [0, 0.1) is 11.7 Å². The Balaban J connectivity index is 1.76. The summed E-state index contributed by atoms with van der Waals surface area (Å²) in [4.78, 5) is 12.1. The van der Waals surface area contributed by atoms with Crippen LogP contribution in [0.1, 0.15) is 30.0 Å². The van der Waals surface area contributed by atoms with E-state index in [0.717, 1.165) is 17.7 Å². The van der Waals surface area contributed by atoms with Crippen LogP contribution in [0.4, 0.5) is 4.39 Å². The van der Waals surface area contributed by atoms with Crippen molar-refractivity contribution < 1.29 is 9.18 Å². The number of halogens is 1. The minimum atomic E-state index is -0.231. The summed E-state index contributed by atoms with van der Waals surface area (Å²) in [5.41, 5.74) is 3.23. The number of amides is 1. The summed E-state index contributed by atoms with van der Waals surface area (Å²) in [6, 6.07) is 14.7. The van der Waals surface area contributed by atoms with Gasteiger partial charge in [-0.2, -0.15) is 0 Å². The first-order valence-corrected chi connectivity index (χ1v) is 8.30. The Bertz CT molecular complexity index is 655. The molecule has 1 amide bonds. The topological polar surface area (TPSA) is 41.1 Å². The molecule has 0 radical (unpaired) electrons. The van der Waals surface area contributed by atoms with E-state index in [4.69, 9.17) is 0 Å². The fraction of sp³-hybridized carbons (Fsp3) is 0.350. The summed E-state index contributed by atoms with van der Waals surface area (Å²) in [6.07, 6.45) is 1.14. The fourth-order valence-corrected chi connectivity index (χ4v) is 2.71. The smallest absolute Gasteiger partial charge is 0.220 e. The van der Waals surface area contributed by atoms with Crippen molar-refractivity contribution in [3.63, 3.8) is 0 Å². The summed E-state index contributed by atoms with van der Waals surface area (Å²) in [6.45, 7) is 3.38. The predicted octanol–water partition coefficient (Wildman–Crippen LogP) is 3.43. The van der Waals surface area contributed by atoms with Crippen molar-refractivity contribution in [2.45, 2.75) is 32.9 Å². The zero-order chi connectivity index (χ0) is 17.4. The van der Waals surface area contributed by atoms with Gasteiger partial charge < -0.3 is 10.6 Å². The second kappa shape index (κ2) is 9.18. The molecule has 2 aromatic rings. The predicted molar refractivity (Wildman–Crippen MR) is 94.9 cm³/mol. The molecule has 0 aromatic heterocycles. The van der Waals surface area contributed by atoms with Crippen molar-refractivity contribution >= 4 is 5.91 Å². The van der Waals surface area contributed by atoms with Crippen LogP contribution in [0.2, 0.25) is 0 Å². The average Bonchev–Trinajstić information content (AvgIpc) is 2.54. The van der Waals surface area contributed by atoms with Crippen molar-refractivity contribution in [1.29, 1.82) is 0 Å². The van der Waals surface area contributed by atoms with Gasteiger partial charge in [0.25, 0.3) is 0 Å². The van der Waals surface area contributed by atoms with E-state index in [1.807, 2.05) is 32.2 Å². The Labute approximate surface area is 143 Å². The van der Waals surface area contributed by atoms with Crippen molar-refractivity contribution in [1.82, 2.24) is 10.6 Å². The van der Waals surface area contributed by atoms with E-state index in [1.165, 1.54) is 17.7 Å². The Morgan fingerprint density at radius 3 is 2.33 bits per heavy atom. The van der Waals surface area contributed by atoms with Gasteiger partial charge in [0.2, 0.25) is 5.91 Å². The third-order valence-electron chi connectivity index (χ3n) is 3.90. The van der Waals surface area contributed by atoms with E-state index in [0.29, 0.717) is 19.4 Å². The SMILES string of the molecule is CNCc1ccc(CNC(=O)C[C@H](C)Cc2cccc(F)c2)cc1. The Hall–Kier alpha value is -2.20. The van der Waals surface area contributed by atoms with E-state index < -0.39 is 0 Å². The van der Waals surface area contributed by atoms with Crippen LogP contribution in [0.3, 0.4) is 0 Å². The van der Waals surface area contributed by atoms with Crippen LogP contribution in [-0.2, 0) is 24.3 Å². The molecule has 1 atom stereocenters. The third kappa shape index (κ3) is 6.13. The Morgan fingerprint density at radius 1 is 1.04 bits per heavy atom. The van der Waals surface area contributed by atoms with Crippen LogP contribution in [0.15, 0.2) is 48.5 Å². The Morgan fingerprint density at radius 2 is 1.71 bits per heavy atom. The van der Waals surface area contributed by atoms with E-state index in [2.05, 4.69) is 22.8 Å². The maximum absolute atomic E-state index is 13.2. The van der Waals surface area contributed by atoms with Gasteiger partial charge in [-0.05, 0) is 48.2 Å². The summed E-state index contributed by atoms with van der Waals surface area (Å²) in [5, 5.41) is 6.06. The van der Waals surface area contributed by atoms with Crippen molar-refractivity contribution in [3.05, 3.63) is 71.0 Å². The monoisotopic (exact) mass is 328 g/mol. The normalized spacial score (nSPS) is 12.0. The molecule has 2 aromatic carbocycles. The molecule has 128 valence electrons. The lowest BCUT2D eigenvalue weighted by Gasteiger charge is -2.12. The van der Waals surface area contributed by atoms with Crippen molar-refractivity contribution in [2.24, 2.45) is 5.92 Å². The largest absolute Gasteiger partial charge is 0.352 e. The first kappa shape index (κ1) is 18.1. The van der Waals surface area contributed by atoms with Gasteiger partial charge in [0.15, 0.2) is 0 Å². The van der Waals surface area contributed by atoms with E-state index in [-0.39, 0.29) is 17.6 Å². The van der Waals surface area contributed by atoms with Gasteiger partial charge in [0, 0.05) is 19.5 Å². The van der Waals surface area contributed by atoms with Crippen molar-refractivity contribution in [3.8, 4) is 0 Å². The van der Waals surface area contributed by atoms with Gasteiger partial charge in [0.05, 0.1) is 0 Å². The van der Waals surface area contributed by atoms with Crippen LogP contribution in [0.25, 0.3) is 0 Å². The highest BCUT2D eigenvalue weighted by molar-refractivity contribution is 5.76. The first-order valence-electron chi connectivity index (χ1n) is 8.30. The lowest BCUT2D eigenvalue weighted by Crippen LogP contribution is -2.25.